The Balaban J connectivity index is 3.17. The summed E-state index contributed by atoms with van der Waals surface area (Å²) in [7, 11) is -0.119. The van der Waals surface area contributed by atoms with Crippen molar-refractivity contribution in [2.75, 3.05) is 26.2 Å². The average molecular weight is 274 g/mol. The summed E-state index contributed by atoms with van der Waals surface area (Å²) in [5.74, 6) is 6.47. The Labute approximate surface area is 107 Å². The van der Waals surface area contributed by atoms with Crippen LogP contribution in [0.3, 0.4) is 0 Å². The molecule has 3 N–H and O–H groups in total. The molecule has 0 fully saturated rings. The van der Waals surface area contributed by atoms with Crippen LogP contribution in [-0.2, 0) is 9.84 Å². The van der Waals surface area contributed by atoms with Crippen molar-refractivity contribution in [1.82, 2.24) is 5.43 Å². The first kappa shape index (κ1) is 14.7. The van der Waals surface area contributed by atoms with E-state index in [0.717, 1.165) is 6.26 Å². The summed E-state index contributed by atoms with van der Waals surface area (Å²) in [6, 6.07) is 4.59. The minimum atomic E-state index is -3.17. The molecule has 0 spiro atoms. The fourth-order valence-corrected chi connectivity index (χ4v) is 2.52. The van der Waals surface area contributed by atoms with Crippen molar-refractivity contribution in [2.45, 2.75) is 6.04 Å². The van der Waals surface area contributed by atoms with E-state index >= 15 is 0 Å². The molecule has 0 bridgehead atoms. The number of hydrazine groups is 1. The second kappa shape index (κ2) is 6.03. The van der Waals surface area contributed by atoms with Gasteiger partial charge in [0.25, 0.3) is 0 Å². The van der Waals surface area contributed by atoms with Gasteiger partial charge in [0, 0.05) is 11.8 Å². The lowest BCUT2D eigenvalue weighted by Gasteiger charge is -2.19. The van der Waals surface area contributed by atoms with E-state index in [9.17, 15) is 8.42 Å². The summed E-state index contributed by atoms with van der Waals surface area (Å²) in [6.07, 6.45) is 1.16. The minimum Gasteiger partial charge on any atom is -0.497 e. The van der Waals surface area contributed by atoms with Crippen molar-refractivity contribution in [3.8, 4) is 11.5 Å². The highest BCUT2D eigenvalue weighted by Crippen LogP contribution is 2.29. The molecule has 1 unspecified atom stereocenters. The van der Waals surface area contributed by atoms with E-state index in [4.69, 9.17) is 15.3 Å². The Morgan fingerprint density at radius 1 is 1.33 bits per heavy atom. The van der Waals surface area contributed by atoms with Crippen LogP contribution in [0, 0.1) is 0 Å². The SMILES string of the molecule is COc1ccc(OC)c(C(CS(C)(=O)=O)NN)c1. The molecule has 0 aliphatic rings. The van der Waals surface area contributed by atoms with Gasteiger partial charge in [-0.05, 0) is 18.2 Å². The van der Waals surface area contributed by atoms with Crippen LogP contribution in [0.4, 0.5) is 0 Å². The third kappa shape index (κ3) is 3.86. The van der Waals surface area contributed by atoms with Gasteiger partial charge in [-0.25, -0.2) is 8.42 Å². The second-order valence-electron chi connectivity index (χ2n) is 3.92. The molecule has 0 amide bonds. The van der Waals surface area contributed by atoms with Crippen LogP contribution < -0.4 is 20.7 Å². The van der Waals surface area contributed by atoms with Gasteiger partial charge in [0.05, 0.1) is 26.0 Å². The maximum atomic E-state index is 11.4. The van der Waals surface area contributed by atoms with Crippen LogP contribution in [0.2, 0.25) is 0 Å². The predicted octanol–water partition coefficient (Wildman–Crippen LogP) is 0.253. The highest BCUT2D eigenvalue weighted by atomic mass is 32.2. The highest BCUT2D eigenvalue weighted by molar-refractivity contribution is 7.90. The first-order valence-electron chi connectivity index (χ1n) is 5.27. The van der Waals surface area contributed by atoms with Crippen molar-refractivity contribution in [3.05, 3.63) is 23.8 Å². The molecule has 0 saturated heterocycles. The van der Waals surface area contributed by atoms with Gasteiger partial charge >= 0.3 is 0 Å². The first-order chi connectivity index (χ1) is 8.41. The molecule has 0 saturated carbocycles. The number of nitrogens with one attached hydrogen (secondary N) is 1. The van der Waals surface area contributed by atoms with Gasteiger partial charge in [-0.15, -0.1) is 0 Å². The fourth-order valence-electron chi connectivity index (χ4n) is 1.64. The monoisotopic (exact) mass is 274 g/mol. The van der Waals surface area contributed by atoms with E-state index < -0.39 is 15.9 Å². The Bertz CT molecular complexity index is 502. The molecule has 0 heterocycles. The number of hydrogen-bond acceptors (Lipinski definition) is 6. The van der Waals surface area contributed by atoms with Crippen LogP contribution >= 0.6 is 0 Å². The summed E-state index contributed by atoms with van der Waals surface area (Å²) in [4.78, 5) is 0. The van der Waals surface area contributed by atoms with Crippen LogP contribution in [0.15, 0.2) is 18.2 Å². The van der Waals surface area contributed by atoms with Crippen molar-refractivity contribution >= 4 is 9.84 Å². The summed E-state index contributed by atoms with van der Waals surface area (Å²) in [5, 5.41) is 0. The normalized spacial score (nSPS) is 13.1. The zero-order chi connectivity index (χ0) is 13.8. The number of hydrogen-bond donors (Lipinski definition) is 2. The second-order valence-corrected chi connectivity index (χ2v) is 6.10. The molecule has 1 atom stereocenters. The first-order valence-corrected chi connectivity index (χ1v) is 7.33. The van der Waals surface area contributed by atoms with E-state index in [1.807, 2.05) is 0 Å². The maximum absolute atomic E-state index is 11.4. The standard InChI is InChI=1S/C11H18N2O4S/c1-16-8-4-5-11(17-2)9(6-8)10(13-12)7-18(3,14)15/h4-6,10,13H,7,12H2,1-3H3. The molecule has 1 aromatic carbocycles. The third-order valence-electron chi connectivity index (χ3n) is 2.48. The van der Waals surface area contributed by atoms with E-state index in [2.05, 4.69) is 5.43 Å². The molecule has 0 radical (unpaired) electrons. The number of benzene rings is 1. The lowest BCUT2D eigenvalue weighted by molar-refractivity contribution is 0.392. The molecule has 1 aromatic rings. The third-order valence-corrected chi connectivity index (χ3v) is 3.42. The lowest BCUT2D eigenvalue weighted by Crippen LogP contribution is -2.33. The highest BCUT2D eigenvalue weighted by Gasteiger charge is 2.20. The number of sulfone groups is 1. The maximum Gasteiger partial charge on any atom is 0.149 e. The number of rotatable bonds is 6. The summed E-state index contributed by atoms with van der Waals surface area (Å²) < 4.78 is 33.0. The summed E-state index contributed by atoms with van der Waals surface area (Å²) in [5.41, 5.74) is 3.13. The van der Waals surface area contributed by atoms with Gasteiger partial charge in [0.15, 0.2) is 0 Å². The van der Waals surface area contributed by atoms with Crippen molar-refractivity contribution < 1.29 is 17.9 Å². The Hall–Kier alpha value is -1.31. The van der Waals surface area contributed by atoms with E-state index in [1.165, 1.54) is 14.2 Å². The average Bonchev–Trinajstić information content (AvgIpc) is 2.34. The molecular formula is C11H18N2O4S. The number of nitrogens with two attached hydrogens (primary N) is 1. The Kier molecular flexibility index (Phi) is 4.94. The zero-order valence-electron chi connectivity index (χ0n) is 10.6. The topological polar surface area (TPSA) is 90.6 Å². The van der Waals surface area contributed by atoms with Crippen LogP contribution in [0.1, 0.15) is 11.6 Å². The van der Waals surface area contributed by atoms with Gasteiger partial charge in [-0.3, -0.25) is 11.3 Å². The molecule has 1 rings (SSSR count). The van der Waals surface area contributed by atoms with Crippen molar-refractivity contribution in [3.63, 3.8) is 0 Å². The lowest BCUT2D eigenvalue weighted by atomic mass is 10.1. The van der Waals surface area contributed by atoms with Gasteiger partial charge in [0.2, 0.25) is 0 Å². The molecule has 0 aliphatic carbocycles. The summed E-state index contributed by atoms with van der Waals surface area (Å²) in [6.45, 7) is 0. The Morgan fingerprint density at radius 2 is 2.00 bits per heavy atom. The molecular weight excluding hydrogens is 256 g/mol. The predicted molar refractivity (Wildman–Crippen MR) is 69.3 cm³/mol. The molecule has 6 nitrogen and oxygen atoms in total. The van der Waals surface area contributed by atoms with E-state index in [0.29, 0.717) is 17.1 Å². The molecule has 18 heavy (non-hydrogen) atoms. The van der Waals surface area contributed by atoms with Crippen LogP contribution in [0.25, 0.3) is 0 Å². The molecule has 0 aromatic heterocycles. The Morgan fingerprint density at radius 3 is 2.44 bits per heavy atom. The van der Waals surface area contributed by atoms with Gasteiger partial charge in [-0.1, -0.05) is 0 Å². The number of methoxy groups -OCH3 is 2. The van der Waals surface area contributed by atoms with Crippen molar-refractivity contribution in [2.24, 2.45) is 5.84 Å². The van der Waals surface area contributed by atoms with Gasteiger partial charge < -0.3 is 9.47 Å². The molecule has 7 heteroatoms. The van der Waals surface area contributed by atoms with E-state index in [1.54, 1.807) is 18.2 Å². The fraction of sp³-hybridized carbons (Fsp3) is 0.455. The van der Waals surface area contributed by atoms with Crippen LogP contribution in [0.5, 0.6) is 11.5 Å². The molecule has 102 valence electrons. The van der Waals surface area contributed by atoms with Gasteiger partial charge in [-0.2, -0.15) is 0 Å². The largest absolute Gasteiger partial charge is 0.497 e. The van der Waals surface area contributed by atoms with Crippen molar-refractivity contribution in [1.29, 1.82) is 0 Å². The number of ether oxygens (including phenoxy) is 2. The smallest absolute Gasteiger partial charge is 0.149 e. The molecule has 0 aliphatic heterocycles. The zero-order valence-corrected chi connectivity index (χ0v) is 11.5. The van der Waals surface area contributed by atoms with Crippen LogP contribution in [-0.4, -0.2) is 34.6 Å². The van der Waals surface area contributed by atoms with E-state index in [-0.39, 0.29) is 5.75 Å². The van der Waals surface area contributed by atoms with Gasteiger partial charge in [0.1, 0.15) is 21.3 Å². The minimum absolute atomic E-state index is 0.118. The quantitative estimate of drug-likeness (QED) is 0.571. The summed E-state index contributed by atoms with van der Waals surface area (Å²) >= 11 is 0.